The van der Waals surface area contributed by atoms with Crippen molar-refractivity contribution in [2.24, 2.45) is 5.92 Å². The highest BCUT2D eigenvalue weighted by molar-refractivity contribution is 8.04. The van der Waals surface area contributed by atoms with E-state index in [0.29, 0.717) is 12.2 Å². The molecule has 9 nitrogen and oxygen atoms in total. The van der Waals surface area contributed by atoms with Gasteiger partial charge in [0, 0.05) is 46.3 Å². The van der Waals surface area contributed by atoms with E-state index in [2.05, 4.69) is 10.6 Å². The maximum absolute atomic E-state index is 12.1. The second kappa shape index (κ2) is 13.7. The molecule has 0 aromatic carbocycles. The van der Waals surface area contributed by atoms with Crippen LogP contribution in [0.1, 0.15) is 59.3 Å². The van der Waals surface area contributed by atoms with Crippen LogP contribution in [0, 0.1) is 5.92 Å². The summed E-state index contributed by atoms with van der Waals surface area (Å²) in [5, 5.41) is 25.3. The molecule has 0 aromatic heterocycles. The van der Waals surface area contributed by atoms with Crippen LogP contribution in [0.15, 0.2) is 0 Å². The third-order valence-electron chi connectivity index (χ3n) is 6.17. The quantitative estimate of drug-likeness (QED) is 0.199. The van der Waals surface area contributed by atoms with Gasteiger partial charge in [-0.3, -0.25) is 19.7 Å². The number of ketones is 1. The largest absolute Gasteiger partial charge is 0.480 e. The third-order valence-corrected chi connectivity index (χ3v) is 9.38. The molecule has 194 valence electrons. The minimum atomic E-state index is -1.08. The van der Waals surface area contributed by atoms with E-state index in [0.717, 1.165) is 25.7 Å². The van der Waals surface area contributed by atoms with E-state index in [-0.39, 0.29) is 53.1 Å². The number of carbonyl (C=O) groups is 4. The first-order chi connectivity index (χ1) is 16.0. The van der Waals surface area contributed by atoms with Gasteiger partial charge in [0.1, 0.15) is 17.9 Å². The number of amides is 1. The number of carboxylic acids is 2. The number of carbonyl (C=O) groups excluding carboxylic acids is 2. The number of Topliss-reactive ketones (excluding diaryl/α,β-unsaturated/α-hetero) is 1. The van der Waals surface area contributed by atoms with Crippen molar-refractivity contribution in [3.63, 3.8) is 0 Å². The number of nitrogens with one attached hydrogen (secondary N) is 2. The van der Waals surface area contributed by atoms with Crippen LogP contribution in [0.5, 0.6) is 0 Å². The molecule has 2 aliphatic rings. The van der Waals surface area contributed by atoms with Gasteiger partial charge >= 0.3 is 11.9 Å². The van der Waals surface area contributed by atoms with Crippen molar-refractivity contribution < 1.29 is 34.1 Å². The van der Waals surface area contributed by atoms with Gasteiger partial charge in [-0.1, -0.05) is 13.8 Å². The lowest BCUT2D eigenvalue weighted by Crippen LogP contribution is -2.46. The molecule has 2 aliphatic carbocycles. The van der Waals surface area contributed by atoms with Crippen LogP contribution in [0.2, 0.25) is 0 Å². The zero-order valence-electron chi connectivity index (χ0n) is 20.2. The van der Waals surface area contributed by atoms with Gasteiger partial charge in [-0.25, -0.2) is 4.79 Å². The predicted molar refractivity (Wildman–Crippen MR) is 133 cm³/mol. The standard InChI is InChI=1S/C23H38N2O7S2/c1-14(2)17(26)6-10-32-11-7-20(27)24-15(21(28)29)12-33-18-4-5-19(18)34-13-16(22(30)31)25-23(3)8-9-23/h14-16,18-19,25H,4-13H2,1-3H3,(H,24,27)(H,28,29)(H,30,31). The lowest BCUT2D eigenvalue weighted by atomic mass is 9.99. The number of hydrogen-bond acceptors (Lipinski definition) is 8. The fourth-order valence-corrected chi connectivity index (χ4v) is 6.47. The van der Waals surface area contributed by atoms with E-state index in [1.807, 2.05) is 20.8 Å². The highest BCUT2D eigenvalue weighted by Crippen LogP contribution is 2.41. The van der Waals surface area contributed by atoms with Crippen molar-refractivity contribution in [2.75, 3.05) is 24.7 Å². The average Bonchev–Trinajstić information content (AvgIpc) is 3.47. The fourth-order valence-electron chi connectivity index (χ4n) is 3.36. The molecule has 4 atom stereocenters. The molecule has 0 aromatic rings. The van der Waals surface area contributed by atoms with Gasteiger partial charge in [-0.05, 0) is 32.6 Å². The summed E-state index contributed by atoms with van der Waals surface area (Å²) in [5.41, 5.74) is -0.0547. The Bertz CT molecular complexity index is 730. The van der Waals surface area contributed by atoms with E-state index in [1.54, 1.807) is 11.8 Å². The van der Waals surface area contributed by atoms with Gasteiger partial charge in [0.25, 0.3) is 0 Å². The van der Waals surface area contributed by atoms with Crippen molar-refractivity contribution >= 4 is 47.2 Å². The summed E-state index contributed by atoms with van der Waals surface area (Å²) in [7, 11) is 0. The SMILES string of the molecule is CC(C)C(=O)CCOCCC(=O)NC(CSC1CCC1SCC(NC1(C)CC1)C(=O)O)C(=O)O. The maximum Gasteiger partial charge on any atom is 0.327 e. The van der Waals surface area contributed by atoms with Crippen molar-refractivity contribution in [1.82, 2.24) is 10.6 Å². The van der Waals surface area contributed by atoms with Crippen molar-refractivity contribution in [3.05, 3.63) is 0 Å². The molecular weight excluding hydrogens is 480 g/mol. The molecule has 0 radical (unpaired) electrons. The lowest BCUT2D eigenvalue weighted by molar-refractivity contribution is -0.141. The Morgan fingerprint density at radius 2 is 1.47 bits per heavy atom. The highest BCUT2D eigenvalue weighted by atomic mass is 32.2. The summed E-state index contributed by atoms with van der Waals surface area (Å²) in [4.78, 5) is 46.8. The number of thioether (sulfide) groups is 2. The van der Waals surface area contributed by atoms with Crippen LogP contribution in [0.3, 0.4) is 0 Å². The van der Waals surface area contributed by atoms with Crippen LogP contribution < -0.4 is 10.6 Å². The number of aliphatic carboxylic acids is 2. The second-order valence-corrected chi connectivity index (χ2v) is 12.2. The van der Waals surface area contributed by atoms with Gasteiger partial charge < -0.3 is 20.3 Å². The van der Waals surface area contributed by atoms with Crippen molar-refractivity contribution in [1.29, 1.82) is 0 Å². The number of rotatable bonds is 18. The molecule has 0 aliphatic heterocycles. The van der Waals surface area contributed by atoms with E-state index < -0.39 is 29.9 Å². The van der Waals surface area contributed by atoms with Gasteiger partial charge in [0.05, 0.1) is 13.2 Å². The molecule has 0 spiro atoms. The highest BCUT2D eigenvalue weighted by Gasteiger charge is 2.41. The fraction of sp³-hybridized carbons (Fsp3) is 0.826. The predicted octanol–water partition coefficient (Wildman–Crippen LogP) is 2.17. The van der Waals surface area contributed by atoms with Crippen LogP contribution in [0.25, 0.3) is 0 Å². The summed E-state index contributed by atoms with van der Waals surface area (Å²) in [6.45, 7) is 6.07. The van der Waals surface area contributed by atoms with E-state index in [1.165, 1.54) is 11.8 Å². The van der Waals surface area contributed by atoms with Crippen molar-refractivity contribution in [3.8, 4) is 0 Å². The van der Waals surface area contributed by atoms with Crippen LogP contribution in [-0.4, -0.2) is 86.7 Å². The lowest BCUT2D eigenvalue weighted by Gasteiger charge is -2.37. The first kappa shape index (κ1) is 28.9. The smallest absolute Gasteiger partial charge is 0.327 e. The van der Waals surface area contributed by atoms with E-state index in [4.69, 9.17) is 4.74 Å². The van der Waals surface area contributed by atoms with Crippen LogP contribution >= 0.6 is 23.5 Å². The molecule has 2 rings (SSSR count). The Morgan fingerprint density at radius 3 is 1.94 bits per heavy atom. The zero-order chi connectivity index (χ0) is 25.3. The molecular formula is C23H38N2O7S2. The van der Waals surface area contributed by atoms with Gasteiger partial charge in [-0.2, -0.15) is 23.5 Å². The number of ether oxygens (including phenoxy) is 1. The Hall–Kier alpha value is -1.30. The molecule has 0 saturated heterocycles. The second-order valence-electron chi connectivity index (χ2n) is 9.61. The molecule has 11 heteroatoms. The minimum Gasteiger partial charge on any atom is -0.480 e. The summed E-state index contributed by atoms with van der Waals surface area (Å²) in [6, 6.07) is -1.57. The normalized spacial score (nSPS) is 22.5. The molecule has 0 heterocycles. The molecule has 0 bridgehead atoms. The van der Waals surface area contributed by atoms with Crippen LogP contribution in [-0.2, 0) is 23.9 Å². The molecule has 2 fully saturated rings. The van der Waals surface area contributed by atoms with E-state index >= 15 is 0 Å². The third kappa shape index (κ3) is 10.1. The maximum atomic E-state index is 12.1. The van der Waals surface area contributed by atoms with Crippen molar-refractivity contribution in [2.45, 2.75) is 87.4 Å². The Balaban J connectivity index is 1.66. The Kier molecular flexibility index (Phi) is 11.7. The molecule has 1 amide bonds. The zero-order valence-corrected chi connectivity index (χ0v) is 21.8. The summed E-state index contributed by atoms with van der Waals surface area (Å²) in [5.74, 6) is -1.53. The first-order valence-electron chi connectivity index (χ1n) is 11.9. The molecule has 34 heavy (non-hydrogen) atoms. The van der Waals surface area contributed by atoms with Gasteiger partial charge in [-0.15, -0.1) is 0 Å². The topological polar surface area (TPSA) is 142 Å². The molecule has 4 N–H and O–H groups in total. The Morgan fingerprint density at radius 1 is 0.941 bits per heavy atom. The van der Waals surface area contributed by atoms with Crippen LogP contribution in [0.4, 0.5) is 0 Å². The van der Waals surface area contributed by atoms with Gasteiger partial charge in [0.15, 0.2) is 0 Å². The van der Waals surface area contributed by atoms with E-state index in [9.17, 15) is 29.4 Å². The minimum absolute atomic E-state index is 0.0364. The molecule has 2 saturated carbocycles. The van der Waals surface area contributed by atoms with Gasteiger partial charge in [0.2, 0.25) is 5.91 Å². The number of hydrogen-bond donors (Lipinski definition) is 4. The monoisotopic (exact) mass is 518 g/mol. The Labute approximate surface area is 209 Å². The summed E-state index contributed by atoms with van der Waals surface area (Å²) in [6.07, 6.45) is 4.26. The molecule has 4 unspecified atom stereocenters. The summed E-state index contributed by atoms with van der Waals surface area (Å²) >= 11 is 3.15. The first-order valence-corrected chi connectivity index (χ1v) is 14.0. The summed E-state index contributed by atoms with van der Waals surface area (Å²) < 4.78 is 5.32. The number of carboxylic acid groups (broad SMARTS) is 2. The average molecular weight is 519 g/mol.